The Morgan fingerprint density at radius 3 is 2.79 bits per heavy atom. The molecule has 1 aromatic carbocycles. The van der Waals surface area contributed by atoms with Crippen molar-refractivity contribution >= 4 is 17.5 Å². The van der Waals surface area contributed by atoms with Crippen molar-refractivity contribution in [1.82, 2.24) is 24.8 Å². The summed E-state index contributed by atoms with van der Waals surface area (Å²) in [6.45, 7) is 2.28. The number of rotatable bonds is 5. The van der Waals surface area contributed by atoms with Gasteiger partial charge in [0.15, 0.2) is 11.8 Å². The van der Waals surface area contributed by atoms with Gasteiger partial charge in [0.1, 0.15) is 12.4 Å². The fraction of sp³-hybridized carbons (Fsp3) is 0.333. The maximum atomic E-state index is 12.9. The molecular weight excluding hydrogens is 370 g/mol. The normalized spacial score (nSPS) is 19.5. The molecule has 2 aromatic heterocycles. The number of benzene rings is 1. The van der Waals surface area contributed by atoms with Crippen molar-refractivity contribution in [2.24, 2.45) is 0 Å². The lowest BCUT2D eigenvalue weighted by Crippen LogP contribution is -2.53. The number of likely N-dealkylation sites (N-methyl/N-ethyl adjacent to an activating group) is 1. The van der Waals surface area contributed by atoms with Crippen LogP contribution in [0.1, 0.15) is 23.0 Å². The third-order valence-corrected chi connectivity index (χ3v) is 5.19. The number of aromatic nitrogens is 3. The van der Waals surface area contributed by atoms with E-state index in [1.54, 1.807) is 11.9 Å². The molecular formula is C21H23N5O3. The second-order valence-corrected chi connectivity index (χ2v) is 7.18. The molecule has 150 valence electrons. The van der Waals surface area contributed by atoms with Gasteiger partial charge in [0.25, 0.3) is 5.91 Å². The molecule has 1 fully saturated rings. The number of carbonyl (C=O) groups is 2. The Morgan fingerprint density at radius 2 is 2.00 bits per heavy atom. The van der Waals surface area contributed by atoms with Gasteiger partial charge in [-0.3, -0.25) is 14.0 Å². The fourth-order valence-corrected chi connectivity index (χ4v) is 3.55. The van der Waals surface area contributed by atoms with Crippen molar-refractivity contribution in [1.29, 1.82) is 0 Å². The number of nitrogens with zero attached hydrogens (tertiary/aromatic N) is 4. The Labute approximate surface area is 168 Å². The highest BCUT2D eigenvalue weighted by Gasteiger charge is 2.39. The average Bonchev–Trinajstić information content (AvgIpc) is 3.14. The summed E-state index contributed by atoms with van der Waals surface area (Å²) in [6.07, 6.45) is 1.66. The van der Waals surface area contributed by atoms with Crippen LogP contribution in [0.2, 0.25) is 0 Å². The van der Waals surface area contributed by atoms with E-state index >= 15 is 0 Å². The van der Waals surface area contributed by atoms with Crippen LogP contribution in [0.3, 0.4) is 0 Å². The van der Waals surface area contributed by atoms with E-state index in [0.717, 1.165) is 22.6 Å². The Hall–Kier alpha value is -3.26. The molecule has 1 aliphatic rings. The van der Waals surface area contributed by atoms with Gasteiger partial charge in [-0.25, -0.2) is 0 Å². The number of morpholine rings is 1. The predicted octanol–water partition coefficient (Wildman–Crippen LogP) is 1.29. The first-order valence-corrected chi connectivity index (χ1v) is 9.55. The van der Waals surface area contributed by atoms with E-state index in [1.165, 1.54) is 0 Å². The van der Waals surface area contributed by atoms with E-state index < -0.39 is 12.1 Å². The highest BCUT2D eigenvalue weighted by Crippen LogP contribution is 2.29. The molecule has 0 radical (unpaired) electrons. The maximum Gasteiger partial charge on any atom is 0.251 e. The van der Waals surface area contributed by atoms with Gasteiger partial charge < -0.3 is 15.0 Å². The third kappa shape index (κ3) is 3.84. The van der Waals surface area contributed by atoms with Gasteiger partial charge in [-0.1, -0.05) is 35.9 Å². The number of aryl methyl sites for hydroxylation is 1. The van der Waals surface area contributed by atoms with E-state index in [4.69, 9.17) is 4.74 Å². The molecule has 29 heavy (non-hydrogen) atoms. The van der Waals surface area contributed by atoms with Crippen molar-refractivity contribution in [3.05, 3.63) is 65.6 Å². The van der Waals surface area contributed by atoms with Gasteiger partial charge in [0.05, 0.1) is 6.04 Å². The molecule has 3 heterocycles. The van der Waals surface area contributed by atoms with Gasteiger partial charge in [0.2, 0.25) is 5.91 Å². The molecule has 8 heteroatoms. The minimum atomic E-state index is -0.768. The van der Waals surface area contributed by atoms with Crippen LogP contribution >= 0.6 is 0 Å². The number of amides is 2. The lowest BCUT2D eigenvalue weighted by molar-refractivity contribution is -0.162. The van der Waals surface area contributed by atoms with Gasteiger partial charge >= 0.3 is 0 Å². The second-order valence-electron chi connectivity index (χ2n) is 7.18. The molecule has 1 N–H and O–H groups in total. The van der Waals surface area contributed by atoms with Crippen LogP contribution in [-0.2, 0) is 20.7 Å². The molecule has 0 aliphatic carbocycles. The summed E-state index contributed by atoms with van der Waals surface area (Å²) in [5, 5.41) is 11.2. The van der Waals surface area contributed by atoms with E-state index in [2.05, 4.69) is 15.5 Å². The van der Waals surface area contributed by atoms with Gasteiger partial charge in [0, 0.05) is 26.2 Å². The summed E-state index contributed by atoms with van der Waals surface area (Å²) in [7, 11) is 1.71. The number of carbonyl (C=O) groups excluding carboxylic acids is 2. The minimum Gasteiger partial charge on any atom is -0.356 e. The smallest absolute Gasteiger partial charge is 0.251 e. The minimum absolute atomic E-state index is 0.105. The van der Waals surface area contributed by atoms with Crippen LogP contribution in [0, 0.1) is 6.92 Å². The van der Waals surface area contributed by atoms with Gasteiger partial charge in [-0.05, 0) is 24.6 Å². The van der Waals surface area contributed by atoms with Crippen molar-refractivity contribution in [2.75, 3.05) is 20.2 Å². The number of fused-ring (bicyclic) bond motifs is 1. The molecule has 2 atom stereocenters. The van der Waals surface area contributed by atoms with Crippen LogP contribution in [-0.4, -0.2) is 57.6 Å². The summed E-state index contributed by atoms with van der Waals surface area (Å²) < 4.78 is 7.53. The highest BCUT2D eigenvalue weighted by atomic mass is 16.5. The number of pyridine rings is 1. The summed E-state index contributed by atoms with van der Waals surface area (Å²) in [4.78, 5) is 26.6. The molecule has 3 aromatic rings. The zero-order chi connectivity index (χ0) is 20.4. The lowest BCUT2D eigenvalue weighted by Gasteiger charge is -2.38. The Bertz CT molecular complexity index is 1030. The summed E-state index contributed by atoms with van der Waals surface area (Å²) in [6, 6.07) is 13.0. The summed E-state index contributed by atoms with van der Waals surface area (Å²) in [5.41, 5.74) is 2.75. The van der Waals surface area contributed by atoms with E-state index in [-0.39, 0.29) is 18.4 Å². The van der Waals surface area contributed by atoms with Crippen molar-refractivity contribution < 1.29 is 14.3 Å². The van der Waals surface area contributed by atoms with Crippen molar-refractivity contribution in [3.63, 3.8) is 0 Å². The maximum absolute atomic E-state index is 12.9. The largest absolute Gasteiger partial charge is 0.356 e. The number of hydrogen-bond donors (Lipinski definition) is 1. The second kappa shape index (κ2) is 8.00. The topological polar surface area (TPSA) is 88.8 Å². The van der Waals surface area contributed by atoms with E-state index in [9.17, 15) is 9.59 Å². The zero-order valence-electron chi connectivity index (χ0n) is 16.4. The van der Waals surface area contributed by atoms with Crippen molar-refractivity contribution in [2.45, 2.75) is 25.5 Å². The van der Waals surface area contributed by atoms with Crippen LogP contribution in [0.4, 0.5) is 0 Å². The average molecular weight is 393 g/mol. The van der Waals surface area contributed by atoms with Gasteiger partial charge in [-0.2, -0.15) is 0 Å². The SMILES string of the molecule is Cc1ccc(C2C(C(=O)NCCc3nnc4ccccn34)OCC(=O)N2C)cc1. The van der Waals surface area contributed by atoms with Crippen LogP contribution in [0.5, 0.6) is 0 Å². The molecule has 8 nitrogen and oxygen atoms in total. The van der Waals surface area contributed by atoms with Gasteiger partial charge in [-0.15, -0.1) is 10.2 Å². The lowest BCUT2D eigenvalue weighted by atomic mass is 9.96. The molecule has 1 aliphatic heterocycles. The number of nitrogens with one attached hydrogen (secondary N) is 1. The fourth-order valence-electron chi connectivity index (χ4n) is 3.55. The van der Waals surface area contributed by atoms with Crippen molar-refractivity contribution in [3.8, 4) is 0 Å². The quantitative estimate of drug-likeness (QED) is 0.706. The summed E-state index contributed by atoms with van der Waals surface area (Å²) in [5.74, 6) is 0.381. The number of hydrogen-bond acceptors (Lipinski definition) is 5. The van der Waals surface area contributed by atoms with Crippen LogP contribution < -0.4 is 5.32 Å². The first-order valence-electron chi connectivity index (χ1n) is 9.55. The van der Waals surface area contributed by atoms with E-state index in [0.29, 0.717) is 13.0 Å². The molecule has 0 spiro atoms. The molecule has 0 bridgehead atoms. The predicted molar refractivity (Wildman–Crippen MR) is 106 cm³/mol. The Morgan fingerprint density at radius 1 is 1.21 bits per heavy atom. The molecule has 4 rings (SSSR count). The Kier molecular flexibility index (Phi) is 5.26. The molecule has 0 saturated carbocycles. The molecule has 2 amide bonds. The van der Waals surface area contributed by atoms with Crippen LogP contribution in [0.25, 0.3) is 5.65 Å². The monoisotopic (exact) mass is 393 g/mol. The van der Waals surface area contributed by atoms with Crippen LogP contribution in [0.15, 0.2) is 48.7 Å². The first-order chi connectivity index (χ1) is 14.0. The highest BCUT2D eigenvalue weighted by molar-refractivity contribution is 5.86. The molecule has 2 unspecified atom stereocenters. The Balaban J connectivity index is 1.45. The molecule has 1 saturated heterocycles. The zero-order valence-corrected chi connectivity index (χ0v) is 16.4. The third-order valence-electron chi connectivity index (χ3n) is 5.19. The summed E-state index contributed by atoms with van der Waals surface area (Å²) >= 11 is 0. The standard InChI is InChI=1S/C21H23N5O3/c1-14-6-8-15(9-7-14)19-20(29-13-18(27)25(19)2)21(28)22-11-10-17-24-23-16-5-3-4-12-26(16)17/h3-9,12,19-20H,10-11,13H2,1-2H3,(H,22,28). The van der Waals surface area contributed by atoms with E-state index in [1.807, 2.05) is 60.0 Å². The number of ether oxygens (including phenoxy) is 1. The first kappa shape index (κ1) is 19.1.